The maximum Gasteiger partial charge on any atom is 0.573 e. The number of rotatable bonds is 4. The monoisotopic (exact) mass is 316 g/mol. The third kappa shape index (κ3) is 4.12. The molecule has 0 aliphatic rings. The molecular weight excluding hydrogens is 307 g/mol. The minimum absolute atomic E-state index is 0.125. The number of hydrogen-bond donors (Lipinski definition) is 2. The molecule has 2 rings (SSSR count). The largest absolute Gasteiger partial charge is 0.573 e. The molecule has 0 saturated carbocycles. The third-order valence-corrected chi connectivity index (χ3v) is 2.55. The van der Waals surface area contributed by atoms with Gasteiger partial charge < -0.3 is 19.5 Å². The predicted octanol–water partition coefficient (Wildman–Crippen LogP) is 2.20. The highest BCUT2D eigenvalue weighted by Gasteiger charge is 2.32. The molecule has 2 aromatic carbocycles. The van der Waals surface area contributed by atoms with Gasteiger partial charge in [-0.2, -0.15) is 0 Å². The molecule has 4 nitrogen and oxygen atoms in total. The van der Waals surface area contributed by atoms with Gasteiger partial charge in [-0.05, 0) is 18.2 Å². The van der Waals surface area contributed by atoms with Gasteiger partial charge in [0, 0.05) is 11.5 Å². The van der Waals surface area contributed by atoms with E-state index in [1.807, 2.05) is 0 Å². The van der Waals surface area contributed by atoms with Crippen LogP contribution in [0.1, 0.15) is 0 Å². The molecule has 0 aliphatic heterocycles. The maximum absolute atomic E-state index is 13.6. The van der Waals surface area contributed by atoms with Crippen molar-refractivity contribution in [3.8, 4) is 17.2 Å². The van der Waals surface area contributed by atoms with E-state index < -0.39 is 25.0 Å². The Labute approximate surface area is 122 Å². The minimum Gasteiger partial charge on any atom is -0.453 e. The topological polar surface area (TPSA) is 58.9 Å². The Bertz CT molecular complexity index is 661. The van der Waals surface area contributed by atoms with E-state index >= 15 is 0 Å². The van der Waals surface area contributed by atoms with E-state index in [1.54, 1.807) is 0 Å². The van der Waals surface area contributed by atoms with Crippen molar-refractivity contribution in [2.45, 2.75) is 6.36 Å². The first kappa shape index (κ1) is 16.1. The Morgan fingerprint density at radius 2 is 1.59 bits per heavy atom. The Hall–Kier alpha value is -2.26. The summed E-state index contributed by atoms with van der Waals surface area (Å²) in [5, 5.41) is 17.8. The average molecular weight is 316 g/mol. The molecule has 2 N–H and O–H groups in total. The first-order valence-electron chi connectivity index (χ1n) is 5.94. The fourth-order valence-electron chi connectivity index (χ4n) is 1.65. The lowest BCUT2D eigenvalue weighted by Gasteiger charge is -2.14. The van der Waals surface area contributed by atoms with Crippen molar-refractivity contribution in [3.05, 3.63) is 48.3 Å². The lowest BCUT2D eigenvalue weighted by Crippen LogP contribution is -2.32. The van der Waals surface area contributed by atoms with Gasteiger partial charge in [-0.1, -0.05) is 18.2 Å². The predicted molar refractivity (Wildman–Crippen MR) is 69.4 cm³/mol. The Kier molecular flexibility index (Phi) is 4.58. The Morgan fingerprint density at radius 3 is 2.14 bits per heavy atom. The molecule has 0 amide bonds. The van der Waals surface area contributed by atoms with Gasteiger partial charge >= 0.3 is 13.5 Å². The van der Waals surface area contributed by atoms with Crippen LogP contribution in [0.25, 0.3) is 0 Å². The summed E-state index contributed by atoms with van der Waals surface area (Å²) in [6.07, 6.45) is -4.89. The van der Waals surface area contributed by atoms with Gasteiger partial charge in [0.15, 0.2) is 11.5 Å². The second-order valence-electron chi connectivity index (χ2n) is 4.15. The molecule has 0 aliphatic carbocycles. The van der Waals surface area contributed by atoms with Crippen LogP contribution in [-0.2, 0) is 0 Å². The van der Waals surface area contributed by atoms with E-state index in [9.17, 15) is 17.6 Å². The Morgan fingerprint density at radius 1 is 0.955 bits per heavy atom. The molecule has 9 heteroatoms. The molecule has 22 heavy (non-hydrogen) atoms. The number of benzene rings is 2. The zero-order valence-electron chi connectivity index (χ0n) is 10.8. The molecule has 2 aromatic rings. The summed E-state index contributed by atoms with van der Waals surface area (Å²) < 4.78 is 59.3. The van der Waals surface area contributed by atoms with Crippen LogP contribution in [0.5, 0.6) is 17.2 Å². The highest BCUT2D eigenvalue weighted by molar-refractivity contribution is 6.58. The summed E-state index contributed by atoms with van der Waals surface area (Å²) in [4.78, 5) is 0. The first-order chi connectivity index (χ1) is 10.3. The fourth-order valence-corrected chi connectivity index (χ4v) is 1.65. The molecule has 0 heterocycles. The van der Waals surface area contributed by atoms with Crippen molar-refractivity contribution in [2.75, 3.05) is 0 Å². The SMILES string of the molecule is OB(O)c1ccc(Oc2ccccc2OC(F)(F)F)cc1F. The second kappa shape index (κ2) is 6.24. The quantitative estimate of drug-likeness (QED) is 0.671. The molecule has 0 fully saturated rings. The first-order valence-corrected chi connectivity index (χ1v) is 5.94. The number of alkyl halides is 3. The highest BCUT2D eigenvalue weighted by Crippen LogP contribution is 2.34. The molecule has 0 aromatic heterocycles. The molecule has 0 spiro atoms. The van der Waals surface area contributed by atoms with E-state index in [0.29, 0.717) is 0 Å². The van der Waals surface area contributed by atoms with Crippen molar-refractivity contribution < 1.29 is 37.1 Å². The van der Waals surface area contributed by atoms with Crippen LogP contribution in [0.15, 0.2) is 42.5 Å². The Balaban J connectivity index is 2.26. The van der Waals surface area contributed by atoms with E-state index in [1.165, 1.54) is 24.3 Å². The van der Waals surface area contributed by atoms with Crippen LogP contribution in [0.3, 0.4) is 0 Å². The minimum atomic E-state index is -4.89. The zero-order chi connectivity index (χ0) is 16.3. The highest BCUT2D eigenvalue weighted by atomic mass is 19.4. The zero-order valence-corrected chi connectivity index (χ0v) is 10.8. The van der Waals surface area contributed by atoms with Crippen LogP contribution in [0.2, 0.25) is 0 Å². The van der Waals surface area contributed by atoms with Gasteiger partial charge in [0.05, 0.1) is 0 Å². The number of halogens is 4. The van der Waals surface area contributed by atoms with Crippen LogP contribution < -0.4 is 14.9 Å². The molecule has 0 bridgehead atoms. The maximum atomic E-state index is 13.6. The fraction of sp³-hybridized carbons (Fsp3) is 0.0769. The van der Waals surface area contributed by atoms with Gasteiger partial charge in [-0.3, -0.25) is 0 Å². The standard InChI is InChI=1S/C13H9BF4O4/c15-10-7-8(5-6-9(10)14(19)20)21-11-3-1-2-4-12(11)22-13(16,17)18/h1-7,19-20H. The van der Waals surface area contributed by atoms with Crippen LogP contribution >= 0.6 is 0 Å². The van der Waals surface area contributed by atoms with E-state index in [-0.39, 0.29) is 17.0 Å². The molecule has 116 valence electrons. The van der Waals surface area contributed by atoms with Crippen molar-refractivity contribution in [2.24, 2.45) is 0 Å². The van der Waals surface area contributed by atoms with Crippen LogP contribution in [0.4, 0.5) is 17.6 Å². The smallest absolute Gasteiger partial charge is 0.453 e. The summed E-state index contributed by atoms with van der Waals surface area (Å²) >= 11 is 0. The summed E-state index contributed by atoms with van der Waals surface area (Å²) in [5.74, 6) is -1.94. The third-order valence-electron chi connectivity index (χ3n) is 2.55. The summed E-state index contributed by atoms with van der Waals surface area (Å²) in [6.45, 7) is 0. The molecule has 0 saturated heterocycles. The number of hydrogen-bond acceptors (Lipinski definition) is 4. The average Bonchev–Trinajstić information content (AvgIpc) is 2.39. The van der Waals surface area contributed by atoms with Crippen LogP contribution in [-0.4, -0.2) is 23.5 Å². The van der Waals surface area contributed by atoms with Crippen LogP contribution in [0, 0.1) is 5.82 Å². The van der Waals surface area contributed by atoms with E-state index in [0.717, 1.165) is 18.2 Å². The van der Waals surface area contributed by atoms with E-state index in [2.05, 4.69) is 4.74 Å². The number of ether oxygens (including phenoxy) is 2. The van der Waals surface area contributed by atoms with Gasteiger partial charge in [0.25, 0.3) is 0 Å². The summed E-state index contributed by atoms with van der Waals surface area (Å²) in [7, 11) is -2.00. The van der Waals surface area contributed by atoms with Gasteiger partial charge in [-0.15, -0.1) is 13.2 Å². The van der Waals surface area contributed by atoms with Crippen molar-refractivity contribution >= 4 is 12.6 Å². The molecular formula is C13H9BF4O4. The van der Waals surface area contributed by atoms with Crippen molar-refractivity contribution in [1.29, 1.82) is 0 Å². The van der Waals surface area contributed by atoms with Gasteiger partial charge in [0.1, 0.15) is 11.6 Å². The molecule has 0 unspecified atom stereocenters. The lowest BCUT2D eigenvalue weighted by molar-refractivity contribution is -0.275. The van der Waals surface area contributed by atoms with Crippen molar-refractivity contribution in [1.82, 2.24) is 0 Å². The summed E-state index contributed by atoms with van der Waals surface area (Å²) in [6, 6.07) is 8.04. The second-order valence-corrected chi connectivity index (χ2v) is 4.15. The molecule has 0 atom stereocenters. The molecule has 0 radical (unpaired) electrons. The van der Waals surface area contributed by atoms with Crippen molar-refractivity contribution in [3.63, 3.8) is 0 Å². The normalized spacial score (nSPS) is 11.2. The number of para-hydroxylation sites is 2. The summed E-state index contributed by atoms with van der Waals surface area (Å²) in [5.41, 5.74) is -0.382. The van der Waals surface area contributed by atoms with E-state index in [4.69, 9.17) is 14.8 Å². The van der Waals surface area contributed by atoms with Gasteiger partial charge in [0.2, 0.25) is 0 Å². The lowest BCUT2D eigenvalue weighted by atomic mass is 9.80. The van der Waals surface area contributed by atoms with Gasteiger partial charge in [-0.25, -0.2) is 4.39 Å².